The van der Waals surface area contributed by atoms with Crippen LogP contribution < -0.4 is 5.73 Å². The number of aromatic nitrogens is 2. The van der Waals surface area contributed by atoms with E-state index >= 15 is 0 Å². The highest BCUT2D eigenvalue weighted by Gasteiger charge is 2.10. The van der Waals surface area contributed by atoms with Crippen molar-refractivity contribution in [2.45, 2.75) is 19.4 Å². The molecular formula is C12H13BrFN3. The van der Waals surface area contributed by atoms with Gasteiger partial charge >= 0.3 is 0 Å². The van der Waals surface area contributed by atoms with Gasteiger partial charge in [-0.15, -0.1) is 0 Å². The van der Waals surface area contributed by atoms with Crippen molar-refractivity contribution in [1.82, 2.24) is 9.97 Å². The van der Waals surface area contributed by atoms with Crippen molar-refractivity contribution < 1.29 is 4.39 Å². The molecule has 0 saturated carbocycles. The van der Waals surface area contributed by atoms with Crippen LogP contribution in [0.3, 0.4) is 0 Å². The van der Waals surface area contributed by atoms with Gasteiger partial charge in [-0.05, 0) is 40.5 Å². The number of nitrogens with one attached hydrogen (secondary N) is 1. The van der Waals surface area contributed by atoms with E-state index in [4.69, 9.17) is 5.73 Å². The summed E-state index contributed by atoms with van der Waals surface area (Å²) in [5, 5.41) is 0. The second-order valence-electron chi connectivity index (χ2n) is 3.83. The van der Waals surface area contributed by atoms with E-state index in [-0.39, 0.29) is 11.9 Å². The van der Waals surface area contributed by atoms with Crippen molar-refractivity contribution in [1.29, 1.82) is 0 Å². The van der Waals surface area contributed by atoms with Crippen LogP contribution in [0.2, 0.25) is 0 Å². The zero-order valence-corrected chi connectivity index (χ0v) is 11.0. The Balaban J connectivity index is 2.33. The van der Waals surface area contributed by atoms with Gasteiger partial charge in [0.2, 0.25) is 0 Å². The Labute approximate surface area is 107 Å². The lowest BCUT2D eigenvalue weighted by Gasteiger charge is -2.04. The van der Waals surface area contributed by atoms with Gasteiger partial charge in [-0.1, -0.05) is 6.92 Å². The molecule has 0 aliphatic rings. The highest BCUT2D eigenvalue weighted by molar-refractivity contribution is 9.10. The topological polar surface area (TPSA) is 54.7 Å². The van der Waals surface area contributed by atoms with Crippen molar-refractivity contribution in [2.75, 3.05) is 0 Å². The van der Waals surface area contributed by atoms with Gasteiger partial charge in [-0.3, -0.25) is 0 Å². The lowest BCUT2D eigenvalue weighted by atomic mass is 10.2. The van der Waals surface area contributed by atoms with Crippen LogP contribution in [-0.4, -0.2) is 9.97 Å². The fourth-order valence-corrected chi connectivity index (χ4v) is 1.91. The maximum Gasteiger partial charge on any atom is 0.137 e. The maximum atomic E-state index is 13.1. The first-order chi connectivity index (χ1) is 8.11. The smallest absolute Gasteiger partial charge is 0.137 e. The predicted molar refractivity (Wildman–Crippen MR) is 68.9 cm³/mol. The van der Waals surface area contributed by atoms with E-state index in [1.54, 1.807) is 18.3 Å². The molecule has 2 aromatic rings. The van der Waals surface area contributed by atoms with Crippen LogP contribution in [0.1, 0.15) is 25.2 Å². The summed E-state index contributed by atoms with van der Waals surface area (Å²) in [7, 11) is 0. The highest BCUT2D eigenvalue weighted by Crippen LogP contribution is 2.24. The van der Waals surface area contributed by atoms with Crippen LogP contribution in [-0.2, 0) is 0 Å². The van der Waals surface area contributed by atoms with Crippen LogP contribution in [0, 0.1) is 5.82 Å². The zero-order valence-electron chi connectivity index (χ0n) is 9.37. The molecule has 2 rings (SSSR count). The summed E-state index contributed by atoms with van der Waals surface area (Å²) in [4.78, 5) is 7.37. The van der Waals surface area contributed by atoms with E-state index < -0.39 is 0 Å². The Kier molecular flexibility index (Phi) is 3.59. The van der Waals surface area contributed by atoms with Crippen LogP contribution in [0.25, 0.3) is 11.3 Å². The molecule has 0 spiro atoms. The number of rotatable bonds is 3. The normalized spacial score (nSPS) is 12.7. The Bertz CT molecular complexity index is 524. The summed E-state index contributed by atoms with van der Waals surface area (Å²) < 4.78 is 13.5. The molecule has 3 N–H and O–H groups in total. The minimum atomic E-state index is -0.279. The van der Waals surface area contributed by atoms with E-state index in [1.165, 1.54) is 6.07 Å². The molecule has 1 heterocycles. The first kappa shape index (κ1) is 12.3. The van der Waals surface area contributed by atoms with Crippen molar-refractivity contribution in [3.63, 3.8) is 0 Å². The van der Waals surface area contributed by atoms with Gasteiger partial charge in [0.05, 0.1) is 22.4 Å². The molecule has 0 bridgehead atoms. The maximum absolute atomic E-state index is 13.1. The zero-order chi connectivity index (χ0) is 12.4. The molecule has 17 heavy (non-hydrogen) atoms. The molecule has 90 valence electrons. The molecule has 0 saturated heterocycles. The van der Waals surface area contributed by atoms with E-state index in [0.29, 0.717) is 4.47 Å². The van der Waals surface area contributed by atoms with Gasteiger partial charge in [0.1, 0.15) is 11.6 Å². The molecule has 0 aliphatic carbocycles. The quantitative estimate of drug-likeness (QED) is 0.912. The number of H-pyrrole nitrogens is 1. The number of halogens is 2. The summed E-state index contributed by atoms with van der Waals surface area (Å²) in [6.07, 6.45) is 2.53. The molecule has 0 radical (unpaired) electrons. The van der Waals surface area contributed by atoms with Crippen molar-refractivity contribution in [3.8, 4) is 11.3 Å². The Hall–Kier alpha value is -1.20. The second-order valence-corrected chi connectivity index (χ2v) is 4.68. The third kappa shape index (κ3) is 2.56. The fraction of sp³-hybridized carbons (Fsp3) is 0.250. The minimum absolute atomic E-state index is 0.0901. The summed E-state index contributed by atoms with van der Waals surface area (Å²) in [5.74, 6) is 0.474. The average Bonchev–Trinajstić information content (AvgIpc) is 2.81. The summed E-state index contributed by atoms with van der Waals surface area (Å²) >= 11 is 3.16. The largest absolute Gasteiger partial charge is 0.341 e. The number of aromatic amines is 1. The molecule has 3 nitrogen and oxygen atoms in total. The number of nitrogens with two attached hydrogens (primary N) is 1. The second kappa shape index (κ2) is 4.98. The monoisotopic (exact) mass is 297 g/mol. The van der Waals surface area contributed by atoms with E-state index in [2.05, 4.69) is 25.9 Å². The third-order valence-corrected chi connectivity index (χ3v) is 3.22. The molecule has 1 atom stereocenters. The molecule has 0 fully saturated rings. The van der Waals surface area contributed by atoms with Crippen LogP contribution in [0.4, 0.5) is 4.39 Å². The van der Waals surface area contributed by atoms with Crippen molar-refractivity contribution >= 4 is 15.9 Å². The van der Waals surface area contributed by atoms with Gasteiger partial charge in [-0.2, -0.15) is 0 Å². The summed E-state index contributed by atoms with van der Waals surface area (Å²) in [5.41, 5.74) is 7.59. The molecule has 5 heteroatoms. The van der Waals surface area contributed by atoms with E-state index in [1.807, 2.05) is 6.92 Å². The molecule has 1 aromatic heterocycles. The first-order valence-corrected chi connectivity index (χ1v) is 6.17. The number of hydrogen-bond donors (Lipinski definition) is 2. The molecule has 0 aliphatic heterocycles. The molecule has 1 unspecified atom stereocenters. The Morgan fingerprint density at radius 3 is 2.94 bits per heavy atom. The van der Waals surface area contributed by atoms with Gasteiger partial charge in [0.25, 0.3) is 0 Å². The van der Waals surface area contributed by atoms with Gasteiger partial charge in [0.15, 0.2) is 0 Å². The van der Waals surface area contributed by atoms with Crippen LogP contribution in [0.5, 0.6) is 0 Å². The third-order valence-electron chi connectivity index (χ3n) is 2.62. The predicted octanol–water partition coefficient (Wildman–Crippen LogP) is 3.39. The molecule has 0 amide bonds. The average molecular weight is 298 g/mol. The standard InChI is InChI=1S/C12H13BrFN3/c1-2-10(15)12-16-6-11(17-12)7-3-4-9(14)8(13)5-7/h3-6,10H,2,15H2,1H3,(H,16,17). The van der Waals surface area contributed by atoms with Crippen molar-refractivity contribution in [2.24, 2.45) is 5.73 Å². The van der Waals surface area contributed by atoms with Crippen LogP contribution >= 0.6 is 15.9 Å². The van der Waals surface area contributed by atoms with Crippen LogP contribution in [0.15, 0.2) is 28.9 Å². The number of imidazole rings is 1. The molecular weight excluding hydrogens is 285 g/mol. The lowest BCUT2D eigenvalue weighted by molar-refractivity contribution is 0.621. The number of hydrogen-bond acceptors (Lipinski definition) is 2. The summed E-state index contributed by atoms with van der Waals surface area (Å²) in [6.45, 7) is 2.00. The van der Waals surface area contributed by atoms with E-state index in [0.717, 1.165) is 23.5 Å². The van der Waals surface area contributed by atoms with Gasteiger partial charge < -0.3 is 10.7 Å². The minimum Gasteiger partial charge on any atom is -0.341 e. The number of benzene rings is 1. The lowest BCUT2D eigenvalue weighted by Crippen LogP contribution is -2.10. The first-order valence-electron chi connectivity index (χ1n) is 5.37. The number of nitrogens with zero attached hydrogens (tertiary/aromatic N) is 1. The summed E-state index contributed by atoms with van der Waals surface area (Å²) in [6, 6.07) is 4.74. The van der Waals surface area contributed by atoms with E-state index in [9.17, 15) is 4.39 Å². The fourth-order valence-electron chi connectivity index (χ4n) is 1.53. The molecule has 1 aromatic carbocycles. The highest BCUT2D eigenvalue weighted by atomic mass is 79.9. The van der Waals surface area contributed by atoms with Crippen molar-refractivity contribution in [3.05, 3.63) is 40.5 Å². The van der Waals surface area contributed by atoms with Gasteiger partial charge in [0, 0.05) is 5.56 Å². The SMILES string of the molecule is CCC(N)c1ncc(-c2ccc(F)c(Br)c2)[nH]1. The van der Waals surface area contributed by atoms with Gasteiger partial charge in [-0.25, -0.2) is 9.37 Å². The Morgan fingerprint density at radius 2 is 2.29 bits per heavy atom. The Morgan fingerprint density at radius 1 is 1.53 bits per heavy atom.